The predicted octanol–water partition coefficient (Wildman–Crippen LogP) is 1.21. The number of anilines is 1. The van der Waals surface area contributed by atoms with Gasteiger partial charge in [0.2, 0.25) is 5.65 Å². The second-order valence-electron chi connectivity index (χ2n) is 5.27. The fourth-order valence-corrected chi connectivity index (χ4v) is 2.87. The van der Waals surface area contributed by atoms with Crippen LogP contribution in [0.2, 0.25) is 0 Å². The Balaban J connectivity index is 1.40. The van der Waals surface area contributed by atoms with E-state index in [1.165, 1.54) is 17.4 Å². The third-order valence-corrected chi connectivity index (χ3v) is 4.36. The van der Waals surface area contributed by atoms with Crippen LogP contribution in [0.4, 0.5) is 5.82 Å². The first-order valence-corrected chi connectivity index (χ1v) is 9.46. The molecule has 0 spiro atoms. The van der Waals surface area contributed by atoms with Gasteiger partial charge in [-0.15, -0.1) is 0 Å². The highest BCUT2D eigenvalue weighted by Crippen LogP contribution is 2.42. The van der Waals surface area contributed by atoms with E-state index in [1.54, 1.807) is 12.1 Å². The Labute approximate surface area is 149 Å². The summed E-state index contributed by atoms with van der Waals surface area (Å²) in [5.74, 6) is 0.255. The molecule has 3 N–H and O–H groups in total. The Morgan fingerprint density at radius 3 is 2.77 bits per heavy atom. The Bertz CT molecular complexity index is 904. The van der Waals surface area contributed by atoms with Gasteiger partial charge in [-0.2, -0.15) is 4.73 Å². The van der Waals surface area contributed by atoms with Gasteiger partial charge in [-0.25, -0.2) is 15.0 Å². The number of aromatic nitrogens is 4. The summed E-state index contributed by atoms with van der Waals surface area (Å²) in [4.78, 5) is 27.1. The standard InChI is InChI=1S/C15H18N5O5P/c16-14-13-15(18-9-17-14)20(10-19-13)24-7-6-23-11-26(21,22)25-8-12-4-2-1-3-5-12/h1-5,9-10H,6-8,11H2,(H,21,22)(H2,16,17,18). The average molecular weight is 379 g/mol. The van der Waals surface area contributed by atoms with E-state index >= 15 is 0 Å². The predicted molar refractivity (Wildman–Crippen MR) is 93.1 cm³/mol. The number of ether oxygens (including phenoxy) is 1. The zero-order valence-electron chi connectivity index (χ0n) is 13.8. The minimum absolute atomic E-state index is 0.0383. The molecule has 0 aliphatic rings. The molecular weight excluding hydrogens is 361 g/mol. The molecule has 11 heteroatoms. The van der Waals surface area contributed by atoms with E-state index < -0.39 is 13.9 Å². The molecule has 0 bridgehead atoms. The third kappa shape index (κ3) is 4.77. The number of imidazole rings is 1. The number of rotatable bonds is 9. The SMILES string of the molecule is Nc1ncnc2c1ncn2OCCOCP(=O)(O)OCc1ccccc1. The number of benzene rings is 1. The van der Waals surface area contributed by atoms with Gasteiger partial charge < -0.3 is 24.7 Å². The van der Waals surface area contributed by atoms with Crippen LogP contribution in [0.3, 0.4) is 0 Å². The van der Waals surface area contributed by atoms with E-state index in [2.05, 4.69) is 15.0 Å². The van der Waals surface area contributed by atoms with Gasteiger partial charge in [0, 0.05) is 0 Å². The molecule has 26 heavy (non-hydrogen) atoms. The molecule has 138 valence electrons. The summed E-state index contributed by atoms with van der Waals surface area (Å²) >= 11 is 0. The molecule has 10 nitrogen and oxygen atoms in total. The van der Waals surface area contributed by atoms with Crippen molar-refractivity contribution in [2.24, 2.45) is 0 Å². The van der Waals surface area contributed by atoms with Crippen molar-refractivity contribution < 1.29 is 23.6 Å². The zero-order chi connectivity index (χ0) is 18.4. The summed E-state index contributed by atoms with van der Waals surface area (Å²) in [6.45, 7) is 0.240. The summed E-state index contributed by atoms with van der Waals surface area (Å²) in [5, 5.41) is 0. The van der Waals surface area contributed by atoms with Crippen LogP contribution in [-0.2, 0) is 20.4 Å². The molecular formula is C15H18N5O5P. The molecule has 0 amide bonds. The van der Waals surface area contributed by atoms with Crippen molar-refractivity contribution in [3.8, 4) is 0 Å². The van der Waals surface area contributed by atoms with Gasteiger partial charge in [0.15, 0.2) is 11.3 Å². The molecule has 3 rings (SSSR count). The minimum atomic E-state index is -3.84. The molecule has 3 aromatic rings. The van der Waals surface area contributed by atoms with Gasteiger partial charge in [0.05, 0.1) is 13.2 Å². The molecule has 0 aliphatic carbocycles. The lowest BCUT2D eigenvalue weighted by Crippen LogP contribution is -2.17. The Morgan fingerprint density at radius 2 is 1.96 bits per heavy atom. The third-order valence-electron chi connectivity index (χ3n) is 3.32. The molecule has 1 unspecified atom stereocenters. The number of nitrogens with two attached hydrogens (primary N) is 1. The molecule has 2 aromatic heterocycles. The first-order valence-electron chi connectivity index (χ1n) is 7.70. The topological polar surface area (TPSA) is 135 Å². The fraction of sp³-hybridized carbons (Fsp3) is 0.267. The fourth-order valence-electron chi connectivity index (χ4n) is 2.09. The van der Waals surface area contributed by atoms with Crippen LogP contribution in [0, 0.1) is 0 Å². The Kier molecular flexibility index (Phi) is 5.79. The van der Waals surface area contributed by atoms with Crippen molar-refractivity contribution in [2.75, 3.05) is 25.3 Å². The number of hydrogen-bond acceptors (Lipinski definition) is 8. The maximum Gasteiger partial charge on any atom is 0.353 e. The van der Waals surface area contributed by atoms with Crippen LogP contribution in [-0.4, -0.2) is 44.1 Å². The normalized spacial score (nSPS) is 13.6. The minimum Gasteiger partial charge on any atom is -0.408 e. The molecule has 0 saturated carbocycles. The molecule has 0 radical (unpaired) electrons. The van der Waals surface area contributed by atoms with Crippen molar-refractivity contribution in [3.63, 3.8) is 0 Å². The molecule has 0 saturated heterocycles. The number of fused-ring (bicyclic) bond motifs is 1. The quantitative estimate of drug-likeness (QED) is 0.415. The van der Waals surface area contributed by atoms with Gasteiger partial charge in [0.1, 0.15) is 25.6 Å². The lowest BCUT2D eigenvalue weighted by molar-refractivity contribution is 0.0502. The van der Waals surface area contributed by atoms with Crippen LogP contribution in [0.25, 0.3) is 11.2 Å². The monoisotopic (exact) mass is 379 g/mol. The number of hydrogen-bond donors (Lipinski definition) is 2. The van der Waals surface area contributed by atoms with Crippen molar-refractivity contribution in [3.05, 3.63) is 48.5 Å². The molecule has 0 fully saturated rings. The van der Waals surface area contributed by atoms with E-state index in [-0.39, 0.29) is 25.6 Å². The second-order valence-corrected chi connectivity index (χ2v) is 7.06. The van der Waals surface area contributed by atoms with Gasteiger partial charge in [-0.05, 0) is 5.56 Å². The van der Waals surface area contributed by atoms with E-state index in [0.29, 0.717) is 11.2 Å². The van der Waals surface area contributed by atoms with Crippen molar-refractivity contribution >= 4 is 24.6 Å². The van der Waals surface area contributed by atoms with Crippen molar-refractivity contribution in [1.29, 1.82) is 0 Å². The summed E-state index contributed by atoms with van der Waals surface area (Å²) in [6, 6.07) is 9.12. The number of nitrogen functional groups attached to an aromatic ring is 1. The smallest absolute Gasteiger partial charge is 0.353 e. The largest absolute Gasteiger partial charge is 0.408 e. The van der Waals surface area contributed by atoms with Crippen molar-refractivity contribution in [1.82, 2.24) is 19.7 Å². The summed E-state index contributed by atoms with van der Waals surface area (Å²) in [7, 11) is -3.84. The lowest BCUT2D eigenvalue weighted by atomic mass is 10.2. The van der Waals surface area contributed by atoms with Gasteiger partial charge in [-0.1, -0.05) is 30.3 Å². The first-order chi connectivity index (χ1) is 12.6. The summed E-state index contributed by atoms with van der Waals surface area (Å²) in [6.07, 6.45) is 2.29. The van der Waals surface area contributed by atoms with E-state index in [4.69, 9.17) is 19.8 Å². The van der Waals surface area contributed by atoms with Gasteiger partial charge in [0.25, 0.3) is 0 Å². The second kappa shape index (κ2) is 8.24. The highest BCUT2D eigenvalue weighted by Gasteiger charge is 2.19. The van der Waals surface area contributed by atoms with Crippen molar-refractivity contribution in [2.45, 2.75) is 6.61 Å². The highest BCUT2D eigenvalue weighted by atomic mass is 31.2. The molecule has 0 aliphatic heterocycles. The van der Waals surface area contributed by atoms with E-state index in [1.807, 2.05) is 18.2 Å². The van der Waals surface area contributed by atoms with Gasteiger partial charge >= 0.3 is 7.60 Å². The highest BCUT2D eigenvalue weighted by molar-refractivity contribution is 7.52. The Morgan fingerprint density at radius 1 is 1.15 bits per heavy atom. The maximum atomic E-state index is 11.9. The average Bonchev–Trinajstić information content (AvgIpc) is 3.05. The van der Waals surface area contributed by atoms with Crippen LogP contribution >= 0.6 is 7.60 Å². The van der Waals surface area contributed by atoms with E-state index in [0.717, 1.165) is 5.56 Å². The summed E-state index contributed by atoms with van der Waals surface area (Å²) < 4.78 is 23.5. The first kappa shape index (κ1) is 18.3. The Hall–Kier alpha value is -2.52. The van der Waals surface area contributed by atoms with Crippen LogP contribution in [0.5, 0.6) is 0 Å². The number of nitrogens with zero attached hydrogens (tertiary/aromatic N) is 4. The maximum absolute atomic E-state index is 11.9. The molecule has 1 atom stereocenters. The van der Waals surface area contributed by atoms with Crippen LogP contribution < -0.4 is 10.6 Å². The van der Waals surface area contributed by atoms with E-state index in [9.17, 15) is 9.46 Å². The van der Waals surface area contributed by atoms with Crippen LogP contribution in [0.15, 0.2) is 43.0 Å². The zero-order valence-corrected chi connectivity index (χ0v) is 14.7. The van der Waals surface area contributed by atoms with Crippen LogP contribution in [0.1, 0.15) is 5.56 Å². The molecule has 2 heterocycles. The lowest BCUT2D eigenvalue weighted by Gasteiger charge is -2.13. The molecule has 1 aromatic carbocycles. The van der Waals surface area contributed by atoms with Gasteiger partial charge in [-0.3, -0.25) is 4.57 Å². The summed E-state index contributed by atoms with van der Waals surface area (Å²) in [5.41, 5.74) is 7.35.